The highest BCUT2D eigenvalue weighted by atomic mass is 16.5. The van der Waals surface area contributed by atoms with E-state index in [0.717, 1.165) is 24.2 Å². The van der Waals surface area contributed by atoms with Crippen LogP contribution in [-0.4, -0.2) is 24.3 Å². The number of hydrogen-bond donors (Lipinski definition) is 1. The zero-order valence-electron chi connectivity index (χ0n) is 10.5. The monoisotopic (exact) mass is 238 g/mol. The lowest BCUT2D eigenvalue weighted by molar-refractivity contribution is -0.154. The fourth-order valence-corrected chi connectivity index (χ4v) is 5.20. The third-order valence-corrected chi connectivity index (χ3v) is 5.34. The van der Waals surface area contributed by atoms with Crippen molar-refractivity contribution >= 4 is 5.97 Å². The standard InChI is InChI=1S/C14H22O3/c1-17-12(13(15)16)8-14-5-9-2-10(6-14)4-11(3-9)7-14/h9-12H,2-8H2,1H3,(H,15,16). The Kier molecular flexibility index (Phi) is 2.69. The van der Waals surface area contributed by atoms with Crippen LogP contribution in [0.15, 0.2) is 0 Å². The van der Waals surface area contributed by atoms with Gasteiger partial charge < -0.3 is 9.84 Å². The molecule has 1 N–H and O–H groups in total. The molecular weight excluding hydrogens is 216 g/mol. The predicted octanol–water partition coefficient (Wildman–Crippen LogP) is 2.69. The molecule has 1 unspecified atom stereocenters. The van der Waals surface area contributed by atoms with E-state index in [4.69, 9.17) is 9.84 Å². The second-order valence-corrected chi connectivity index (χ2v) is 6.68. The van der Waals surface area contributed by atoms with E-state index in [0.29, 0.717) is 5.41 Å². The molecule has 96 valence electrons. The maximum atomic E-state index is 11.1. The van der Waals surface area contributed by atoms with Crippen molar-refractivity contribution in [3.8, 4) is 0 Å². The van der Waals surface area contributed by atoms with Crippen molar-refractivity contribution < 1.29 is 14.6 Å². The van der Waals surface area contributed by atoms with E-state index in [1.807, 2.05) is 0 Å². The number of carboxylic acids is 1. The zero-order chi connectivity index (χ0) is 12.0. The average Bonchev–Trinajstić information content (AvgIpc) is 2.23. The first-order chi connectivity index (χ1) is 8.10. The number of ether oxygens (including phenoxy) is 1. The summed E-state index contributed by atoms with van der Waals surface area (Å²) in [4.78, 5) is 11.1. The van der Waals surface area contributed by atoms with Gasteiger partial charge in [-0.1, -0.05) is 0 Å². The summed E-state index contributed by atoms with van der Waals surface area (Å²) in [6, 6.07) is 0. The molecule has 0 amide bonds. The normalized spacial score (nSPS) is 44.9. The molecule has 4 rings (SSSR count). The first-order valence-electron chi connectivity index (χ1n) is 6.86. The largest absolute Gasteiger partial charge is 0.479 e. The average molecular weight is 238 g/mol. The molecule has 3 heteroatoms. The molecule has 0 saturated heterocycles. The van der Waals surface area contributed by atoms with Gasteiger partial charge in [-0.25, -0.2) is 4.79 Å². The Morgan fingerprint density at radius 1 is 1.24 bits per heavy atom. The summed E-state index contributed by atoms with van der Waals surface area (Å²) in [6.07, 6.45) is 8.14. The van der Waals surface area contributed by atoms with Gasteiger partial charge in [0.2, 0.25) is 0 Å². The summed E-state index contributed by atoms with van der Waals surface area (Å²) in [5.74, 6) is 1.86. The van der Waals surface area contributed by atoms with Crippen LogP contribution < -0.4 is 0 Å². The van der Waals surface area contributed by atoms with Gasteiger partial charge in [-0.3, -0.25) is 0 Å². The minimum Gasteiger partial charge on any atom is -0.479 e. The Labute approximate surface area is 103 Å². The van der Waals surface area contributed by atoms with Crippen LogP contribution in [0.25, 0.3) is 0 Å². The Morgan fingerprint density at radius 3 is 2.06 bits per heavy atom. The maximum absolute atomic E-state index is 11.1. The van der Waals surface area contributed by atoms with Crippen LogP contribution in [0, 0.1) is 23.2 Å². The topological polar surface area (TPSA) is 46.5 Å². The highest BCUT2D eigenvalue weighted by Gasteiger charge is 2.51. The first-order valence-corrected chi connectivity index (χ1v) is 6.86. The second kappa shape index (κ2) is 3.98. The molecule has 0 radical (unpaired) electrons. The van der Waals surface area contributed by atoms with Gasteiger partial charge in [0.1, 0.15) is 0 Å². The molecule has 4 fully saturated rings. The van der Waals surface area contributed by atoms with Crippen LogP contribution in [-0.2, 0) is 9.53 Å². The minimum atomic E-state index is -0.789. The summed E-state index contributed by atoms with van der Waals surface area (Å²) in [5, 5.41) is 9.15. The Balaban J connectivity index is 1.75. The highest BCUT2D eigenvalue weighted by Crippen LogP contribution is 2.61. The summed E-state index contributed by atoms with van der Waals surface area (Å²) in [5.41, 5.74) is 0.299. The van der Waals surface area contributed by atoms with Crippen molar-refractivity contribution in [3.05, 3.63) is 0 Å². The Bertz CT molecular complexity index is 288. The van der Waals surface area contributed by atoms with Gasteiger partial charge in [0.15, 0.2) is 6.10 Å². The number of methoxy groups -OCH3 is 1. The summed E-state index contributed by atoms with van der Waals surface area (Å²) in [6.45, 7) is 0. The van der Waals surface area contributed by atoms with E-state index < -0.39 is 12.1 Å². The number of carbonyl (C=O) groups is 1. The molecule has 0 aromatic heterocycles. The molecule has 0 heterocycles. The van der Waals surface area contributed by atoms with E-state index in [9.17, 15) is 4.79 Å². The van der Waals surface area contributed by atoms with Gasteiger partial charge in [0, 0.05) is 7.11 Å². The second-order valence-electron chi connectivity index (χ2n) is 6.68. The molecule has 4 aliphatic carbocycles. The molecule has 4 saturated carbocycles. The molecular formula is C14H22O3. The Hall–Kier alpha value is -0.570. The van der Waals surface area contributed by atoms with Crippen molar-refractivity contribution in [3.63, 3.8) is 0 Å². The molecule has 0 spiro atoms. The van der Waals surface area contributed by atoms with Crippen LogP contribution >= 0.6 is 0 Å². The molecule has 0 aliphatic heterocycles. The van der Waals surface area contributed by atoms with Crippen LogP contribution in [0.2, 0.25) is 0 Å². The van der Waals surface area contributed by atoms with Gasteiger partial charge in [0.25, 0.3) is 0 Å². The predicted molar refractivity (Wildman–Crippen MR) is 63.7 cm³/mol. The van der Waals surface area contributed by atoms with Crippen molar-refractivity contribution in [2.45, 2.75) is 51.0 Å². The summed E-state index contributed by atoms with van der Waals surface area (Å²) in [7, 11) is 1.53. The van der Waals surface area contributed by atoms with Crippen LogP contribution in [0.5, 0.6) is 0 Å². The smallest absolute Gasteiger partial charge is 0.332 e. The van der Waals surface area contributed by atoms with Gasteiger partial charge >= 0.3 is 5.97 Å². The molecule has 4 aliphatic rings. The van der Waals surface area contributed by atoms with E-state index in [2.05, 4.69) is 0 Å². The lowest BCUT2D eigenvalue weighted by Crippen LogP contribution is -2.48. The van der Waals surface area contributed by atoms with Crippen molar-refractivity contribution in [2.24, 2.45) is 23.2 Å². The van der Waals surface area contributed by atoms with Crippen LogP contribution in [0.3, 0.4) is 0 Å². The van der Waals surface area contributed by atoms with E-state index in [1.165, 1.54) is 45.6 Å². The van der Waals surface area contributed by atoms with Gasteiger partial charge in [-0.05, 0) is 68.1 Å². The number of hydrogen-bond acceptors (Lipinski definition) is 2. The maximum Gasteiger partial charge on any atom is 0.332 e. The first kappa shape index (κ1) is 11.5. The molecule has 0 aromatic rings. The lowest BCUT2D eigenvalue weighted by atomic mass is 9.48. The molecule has 1 atom stereocenters. The minimum absolute atomic E-state index is 0.299. The van der Waals surface area contributed by atoms with Crippen molar-refractivity contribution in [1.29, 1.82) is 0 Å². The van der Waals surface area contributed by atoms with Gasteiger partial charge in [-0.2, -0.15) is 0 Å². The number of aliphatic carboxylic acids is 1. The summed E-state index contributed by atoms with van der Waals surface area (Å²) >= 11 is 0. The highest BCUT2D eigenvalue weighted by molar-refractivity contribution is 5.72. The van der Waals surface area contributed by atoms with Crippen molar-refractivity contribution in [2.75, 3.05) is 7.11 Å². The van der Waals surface area contributed by atoms with Crippen LogP contribution in [0.1, 0.15) is 44.9 Å². The number of carboxylic acid groups (broad SMARTS) is 1. The quantitative estimate of drug-likeness (QED) is 0.819. The lowest BCUT2D eigenvalue weighted by Gasteiger charge is -2.57. The fraction of sp³-hybridized carbons (Fsp3) is 0.929. The van der Waals surface area contributed by atoms with Gasteiger partial charge in [0.05, 0.1) is 0 Å². The summed E-state index contributed by atoms with van der Waals surface area (Å²) < 4.78 is 5.15. The third kappa shape index (κ3) is 1.99. The van der Waals surface area contributed by atoms with Crippen molar-refractivity contribution in [1.82, 2.24) is 0 Å². The van der Waals surface area contributed by atoms with Gasteiger partial charge in [-0.15, -0.1) is 0 Å². The third-order valence-electron chi connectivity index (χ3n) is 5.34. The molecule has 4 bridgehead atoms. The fourth-order valence-electron chi connectivity index (χ4n) is 5.20. The zero-order valence-corrected chi connectivity index (χ0v) is 10.5. The van der Waals surface area contributed by atoms with E-state index in [1.54, 1.807) is 0 Å². The van der Waals surface area contributed by atoms with E-state index >= 15 is 0 Å². The van der Waals surface area contributed by atoms with E-state index in [-0.39, 0.29) is 0 Å². The van der Waals surface area contributed by atoms with Crippen LogP contribution in [0.4, 0.5) is 0 Å². The Morgan fingerprint density at radius 2 is 1.71 bits per heavy atom. The molecule has 0 aromatic carbocycles. The SMILES string of the molecule is COC(CC12CC3CC(CC(C3)C1)C2)C(=O)O. The molecule has 17 heavy (non-hydrogen) atoms. The molecule has 3 nitrogen and oxygen atoms in total. The number of rotatable bonds is 4.